The fraction of sp³-hybridized carbons (Fsp3) is 0.480. The molecule has 0 unspecified atom stereocenters. The van der Waals surface area contributed by atoms with E-state index in [2.05, 4.69) is 15.4 Å². The molecule has 3 N–H and O–H groups in total. The van der Waals surface area contributed by atoms with Crippen LogP contribution in [-0.2, 0) is 17.8 Å². The Kier molecular flexibility index (Phi) is 6.75. The zero-order valence-electron chi connectivity index (χ0n) is 21.4. The van der Waals surface area contributed by atoms with Crippen LogP contribution in [0.5, 0.6) is 0 Å². The van der Waals surface area contributed by atoms with Gasteiger partial charge in [0.15, 0.2) is 0 Å². The Balaban J connectivity index is 1.62. The molecule has 0 radical (unpaired) electrons. The zero-order chi connectivity index (χ0) is 26.2. The lowest BCUT2D eigenvalue weighted by molar-refractivity contribution is 0.0287. The van der Waals surface area contributed by atoms with Crippen LogP contribution in [0.25, 0.3) is 11.0 Å². The molecule has 192 valence electrons. The molecule has 0 bridgehead atoms. The maximum Gasteiger partial charge on any atom is 0.410 e. The van der Waals surface area contributed by atoms with Gasteiger partial charge in [-0.15, -0.1) is 0 Å². The third kappa shape index (κ3) is 5.34. The van der Waals surface area contributed by atoms with Crippen LogP contribution >= 0.6 is 0 Å². The van der Waals surface area contributed by atoms with E-state index in [0.29, 0.717) is 48.9 Å². The molecule has 1 aliphatic rings. The van der Waals surface area contributed by atoms with Gasteiger partial charge in [-0.2, -0.15) is 5.10 Å². The summed E-state index contributed by atoms with van der Waals surface area (Å²) in [6.07, 6.45) is 0.455. The Labute approximate surface area is 209 Å². The predicted octanol–water partition coefficient (Wildman–Crippen LogP) is 3.17. The van der Waals surface area contributed by atoms with Crippen LogP contribution in [0.2, 0.25) is 0 Å². The van der Waals surface area contributed by atoms with Crippen molar-refractivity contribution in [3.05, 3.63) is 41.2 Å². The van der Waals surface area contributed by atoms with E-state index >= 15 is 0 Å². The molecule has 1 fully saturated rings. The Bertz CT molecular complexity index is 1320. The summed E-state index contributed by atoms with van der Waals surface area (Å²) >= 11 is 0. The monoisotopic (exact) mass is 495 g/mol. The first-order valence-electron chi connectivity index (χ1n) is 12.1. The summed E-state index contributed by atoms with van der Waals surface area (Å²) in [7, 11) is 0. The quantitative estimate of drug-likeness (QED) is 0.539. The van der Waals surface area contributed by atoms with Crippen LogP contribution in [0.1, 0.15) is 60.7 Å². The van der Waals surface area contributed by atoms with Gasteiger partial charge in [0.2, 0.25) is 11.9 Å². The highest BCUT2D eigenvalue weighted by atomic mass is 16.6. The Morgan fingerprint density at radius 3 is 2.64 bits per heavy atom. The van der Waals surface area contributed by atoms with Gasteiger partial charge >= 0.3 is 6.09 Å². The van der Waals surface area contributed by atoms with Crippen LogP contribution in [0.4, 0.5) is 10.7 Å². The van der Waals surface area contributed by atoms with E-state index < -0.39 is 11.5 Å². The summed E-state index contributed by atoms with van der Waals surface area (Å²) in [6, 6.07) is 6.77. The largest absolute Gasteiger partial charge is 0.444 e. The van der Waals surface area contributed by atoms with Crippen molar-refractivity contribution in [1.29, 1.82) is 0 Å². The highest BCUT2D eigenvalue weighted by Gasteiger charge is 2.31. The second-order valence-corrected chi connectivity index (χ2v) is 10.1. The number of fused-ring (bicyclic) bond motifs is 1. The highest BCUT2D eigenvalue weighted by Crippen LogP contribution is 2.27. The first kappa shape index (κ1) is 25.2. The minimum atomic E-state index is -0.561. The van der Waals surface area contributed by atoms with Gasteiger partial charge in [0.25, 0.3) is 5.91 Å². The molecule has 3 aromatic rings. The number of carbonyl (C=O) groups excluding carboxylic acids is 3. The second-order valence-electron chi connectivity index (χ2n) is 10.1. The smallest absolute Gasteiger partial charge is 0.410 e. The topological polar surface area (TPSA) is 137 Å². The fourth-order valence-corrected chi connectivity index (χ4v) is 4.43. The van der Waals surface area contributed by atoms with E-state index in [1.54, 1.807) is 33.8 Å². The van der Waals surface area contributed by atoms with E-state index in [-0.39, 0.29) is 17.9 Å². The standard InChI is InChI=1S/C25H33N7O4/c1-6-32-20(11-15(2)29-32)22(34)28-23-27-18-12-17(21(26)33)7-8-19(18)31(23)14-16-9-10-30(13-16)24(35)36-25(3,4)5/h7-8,11-12,16H,6,9-10,13-14H2,1-5H3,(H2,26,33)(H,27,28,34)/t16-/m0/s1. The number of ether oxygens (including phenoxy) is 1. The summed E-state index contributed by atoms with van der Waals surface area (Å²) < 4.78 is 9.07. The van der Waals surface area contributed by atoms with Gasteiger partial charge in [0.1, 0.15) is 11.3 Å². The lowest BCUT2D eigenvalue weighted by atomic mass is 10.1. The predicted molar refractivity (Wildman–Crippen MR) is 135 cm³/mol. The third-order valence-corrected chi connectivity index (χ3v) is 6.07. The van der Waals surface area contributed by atoms with Crippen LogP contribution in [-0.4, -0.2) is 60.8 Å². The number of amides is 3. The Hall–Kier alpha value is -3.89. The molecule has 3 amide bonds. The normalized spacial score (nSPS) is 15.9. The Morgan fingerprint density at radius 2 is 1.97 bits per heavy atom. The summed E-state index contributed by atoms with van der Waals surface area (Å²) in [5, 5.41) is 7.27. The third-order valence-electron chi connectivity index (χ3n) is 6.07. The van der Waals surface area contributed by atoms with E-state index in [0.717, 1.165) is 17.6 Å². The van der Waals surface area contributed by atoms with Gasteiger partial charge in [0.05, 0.1) is 16.7 Å². The minimum absolute atomic E-state index is 0.129. The average Bonchev–Trinajstić information content (AvgIpc) is 3.50. The minimum Gasteiger partial charge on any atom is -0.444 e. The SMILES string of the molecule is CCn1nc(C)cc1C(=O)Nc1nc2cc(C(N)=O)ccc2n1C[C@H]1CCN(C(=O)OC(C)(C)C)C1. The number of hydrogen-bond donors (Lipinski definition) is 2. The van der Waals surface area contributed by atoms with Gasteiger partial charge in [-0.05, 0) is 71.2 Å². The number of primary amides is 1. The van der Waals surface area contributed by atoms with Crippen molar-refractivity contribution in [2.45, 2.75) is 59.7 Å². The summed E-state index contributed by atoms with van der Waals surface area (Å²) in [6.45, 7) is 11.5. The number of anilines is 1. The van der Waals surface area contributed by atoms with E-state index in [1.807, 2.05) is 39.2 Å². The van der Waals surface area contributed by atoms with E-state index in [4.69, 9.17) is 10.5 Å². The number of likely N-dealkylation sites (tertiary alicyclic amines) is 1. The molecular weight excluding hydrogens is 462 g/mol. The number of nitrogens with zero attached hydrogens (tertiary/aromatic N) is 5. The van der Waals surface area contributed by atoms with Crippen molar-refractivity contribution in [2.24, 2.45) is 11.7 Å². The number of nitrogens with two attached hydrogens (primary N) is 1. The van der Waals surface area contributed by atoms with Crippen molar-refractivity contribution in [1.82, 2.24) is 24.2 Å². The molecule has 1 atom stereocenters. The maximum atomic E-state index is 13.2. The molecule has 3 heterocycles. The van der Waals surface area contributed by atoms with Crippen LogP contribution in [0.15, 0.2) is 24.3 Å². The number of imidazole rings is 1. The van der Waals surface area contributed by atoms with Gasteiger partial charge in [-0.3, -0.25) is 19.6 Å². The molecule has 0 aliphatic carbocycles. The molecule has 4 rings (SSSR count). The van der Waals surface area contributed by atoms with Gasteiger partial charge < -0.3 is 19.9 Å². The molecule has 1 saturated heterocycles. The lowest BCUT2D eigenvalue weighted by Crippen LogP contribution is -2.35. The summed E-state index contributed by atoms with van der Waals surface area (Å²) in [5.41, 5.74) is 7.71. The molecule has 2 aromatic heterocycles. The van der Waals surface area contributed by atoms with Crippen LogP contribution < -0.4 is 11.1 Å². The zero-order valence-corrected chi connectivity index (χ0v) is 21.4. The number of hydrogen-bond acceptors (Lipinski definition) is 6. The molecule has 0 spiro atoms. The number of aryl methyl sites for hydroxylation is 2. The molecule has 11 heteroatoms. The first-order chi connectivity index (χ1) is 16.9. The van der Waals surface area contributed by atoms with Crippen molar-refractivity contribution >= 4 is 34.9 Å². The molecule has 1 aliphatic heterocycles. The number of benzene rings is 1. The van der Waals surface area contributed by atoms with Gasteiger partial charge in [-0.1, -0.05) is 0 Å². The maximum absolute atomic E-state index is 13.2. The number of nitrogens with one attached hydrogen (secondary N) is 1. The van der Waals surface area contributed by atoms with Gasteiger partial charge in [-0.25, -0.2) is 9.78 Å². The number of rotatable bonds is 6. The number of carbonyl (C=O) groups is 3. The Morgan fingerprint density at radius 1 is 1.22 bits per heavy atom. The second kappa shape index (κ2) is 9.63. The molecular formula is C25H33N7O4. The number of aromatic nitrogens is 4. The molecule has 11 nitrogen and oxygen atoms in total. The van der Waals surface area contributed by atoms with Crippen molar-refractivity contribution < 1.29 is 19.1 Å². The van der Waals surface area contributed by atoms with E-state index in [1.165, 1.54) is 0 Å². The van der Waals surface area contributed by atoms with Crippen LogP contribution in [0, 0.1) is 12.8 Å². The first-order valence-corrected chi connectivity index (χ1v) is 12.1. The van der Waals surface area contributed by atoms with Crippen molar-refractivity contribution in [3.63, 3.8) is 0 Å². The average molecular weight is 496 g/mol. The molecule has 36 heavy (non-hydrogen) atoms. The summed E-state index contributed by atoms with van der Waals surface area (Å²) in [4.78, 5) is 43.7. The van der Waals surface area contributed by atoms with Gasteiger partial charge in [0, 0.05) is 31.7 Å². The lowest BCUT2D eigenvalue weighted by Gasteiger charge is -2.24. The van der Waals surface area contributed by atoms with Crippen molar-refractivity contribution in [3.8, 4) is 0 Å². The van der Waals surface area contributed by atoms with Crippen molar-refractivity contribution in [2.75, 3.05) is 18.4 Å². The highest BCUT2D eigenvalue weighted by molar-refractivity contribution is 6.03. The molecule has 1 aromatic carbocycles. The summed E-state index contributed by atoms with van der Waals surface area (Å²) in [5.74, 6) is -0.396. The fourth-order valence-electron chi connectivity index (χ4n) is 4.43. The molecule has 0 saturated carbocycles. The van der Waals surface area contributed by atoms with E-state index in [9.17, 15) is 14.4 Å². The van der Waals surface area contributed by atoms with Crippen LogP contribution in [0.3, 0.4) is 0 Å².